The molecule has 1 aliphatic rings. The van der Waals surface area contributed by atoms with E-state index in [1.807, 2.05) is 0 Å². The highest BCUT2D eigenvalue weighted by Crippen LogP contribution is 2.33. The van der Waals surface area contributed by atoms with Gasteiger partial charge in [0.2, 0.25) is 0 Å². The second kappa shape index (κ2) is 1.43. The number of aliphatic hydroxyl groups is 1. The van der Waals surface area contributed by atoms with Gasteiger partial charge in [0.25, 0.3) is 0 Å². The zero-order valence-electron chi connectivity index (χ0n) is 3.46. The van der Waals surface area contributed by atoms with E-state index in [0.29, 0.717) is 5.92 Å². The van der Waals surface area contributed by atoms with Crippen LogP contribution >= 0.6 is 12.6 Å². The smallest absolute Gasteiger partial charge is 0.0992 e. The molecule has 1 N–H and O–H groups in total. The molecule has 6 heavy (non-hydrogen) atoms. The highest BCUT2D eigenvalue weighted by molar-refractivity contribution is 7.80. The zero-order valence-corrected chi connectivity index (χ0v) is 4.36. The van der Waals surface area contributed by atoms with Crippen LogP contribution in [0.5, 0.6) is 0 Å². The standard InChI is InChI=1S/C4H8OS/c5-4(6)3-1-2-3/h3-6H,1-2H2. The molecule has 0 bridgehead atoms. The lowest BCUT2D eigenvalue weighted by molar-refractivity contribution is 0.243. The summed E-state index contributed by atoms with van der Waals surface area (Å²) in [7, 11) is 0. The topological polar surface area (TPSA) is 20.2 Å². The van der Waals surface area contributed by atoms with Gasteiger partial charge in [0.1, 0.15) is 0 Å². The summed E-state index contributed by atoms with van der Waals surface area (Å²) in [5.41, 5.74) is -0.343. The molecule has 0 aromatic rings. The van der Waals surface area contributed by atoms with Gasteiger partial charge in [-0.15, -0.1) is 12.6 Å². The minimum Gasteiger partial charge on any atom is -0.382 e. The Morgan fingerprint density at radius 2 is 2.17 bits per heavy atom. The molecule has 0 heterocycles. The molecular weight excluding hydrogens is 96.1 g/mol. The minimum atomic E-state index is -0.343. The Balaban J connectivity index is 2.13. The maximum atomic E-state index is 8.56. The van der Waals surface area contributed by atoms with Crippen molar-refractivity contribution >= 4 is 12.6 Å². The Bertz CT molecular complexity index is 49.5. The molecule has 1 saturated carbocycles. The van der Waals surface area contributed by atoms with Crippen molar-refractivity contribution in [3.63, 3.8) is 0 Å². The first-order chi connectivity index (χ1) is 2.80. The van der Waals surface area contributed by atoms with E-state index < -0.39 is 0 Å². The van der Waals surface area contributed by atoms with Crippen molar-refractivity contribution in [3.05, 3.63) is 0 Å². The van der Waals surface area contributed by atoms with Gasteiger partial charge >= 0.3 is 0 Å². The van der Waals surface area contributed by atoms with Crippen LogP contribution < -0.4 is 0 Å². The molecule has 0 saturated heterocycles. The summed E-state index contributed by atoms with van der Waals surface area (Å²) in [4.78, 5) is 0. The fourth-order valence-electron chi connectivity index (χ4n) is 0.394. The molecular formula is C4H8OS. The van der Waals surface area contributed by atoms with Gasteiger partial charge in [0.05, 0.1) is 5.44 Å². The van der Waals surface area contributed by atoms with Gasteiger partial charge in [-0.1, -0.05) is 0 Å². The largest absolute Gasteiger partial charge is 0.382 e. The van der Waals surface area contributed by atoms with E-state index >= 15 is 0 Å². The molecule has 1 aliphatic carbocycles. The van der Waals surface area contributed by atoms with Crippen LogP contribution in [-0.4, -0.2) is 10.5 Å². The van der Waals surface area contributed by atoms with Crippen molar-refractivity contribution in [2.24, 2.45) is 5.92 Å². The SMILES string of the molecule is OC(S)C1CC1. The molecule has 0 aromatic carbocycles. The van der Waals surface area contributed by atoms with Gasteiger partial charge in [-0.3, -0.25) is 0 Å². The highest BCUT2D eigenvalue weighted by atomic mass is 32.1. The van der Waals surface area contributed by atoms with Crippen molar-refractivity contribution in [3.8, 4) is 0 Å². The maximum absolute atomic E-state index is 8.56. The van der Waals surface area contributed by atoms with E-state index in [1.54, 1.807) is 0 Å². The van der Waals surface area contributed by atoms with Gasteiger partial charge < -0.3 is 5.11 Å². The minimum absolute atomic E-state index is 0.343. The molecule has 1 rings (SSSR count). The number of thiol groups is 1. The van der Waals surface area contributed by atoms with Crippen LogP contribution in [0.2, 0.25) is 0 Å². The van der Waals surface area contributed by atoms with E-state index in [9.17, 15) is 0 Å². The van der Waals surface area contributed by atoms with Crippen molar-refractivity contribution in [2.75, 3.05) is 0 Å². The lowest BCUT2D eigenvalue weighted by Crippen LogP contribution is -1.95. The molecule has 1 fully saturated rings. The van der Waals surface area contributed by atoms with Crippen LogP contribution in [0.25, 0.3) is 0 Å². The molecule has 36 valence electrons. The lowest BCUT2D eigenvalue weighted by Gasteiger charge is -1.93. The molecule has 1 unspecified atom stereocenters. The molecule has 0 amide bonds. The second-order valence-electron chi connectivity index (χ2n) is 1.75. The van der Waals surface area contributed by atoms with Gasteiger partial charge in [-0.05, 0) is 18.8 Å². The summed E-state index contributed by atoms with van der Waals surface area (Å²) < 4.78 is 0. The van der Waals surface area contributed by atoms with Gasteiger partial charge in [-0.2, -0.15) is 0 Å². The average Bonchev–Trinajstić information content (AvgIpc) is 2.06. The summed E-state index contributed by atoms with van der Waals surface area (Å²) in [5.74, 6) is 0.522. The fourth-order valence-corrected chi connectivity index (χ4v) is 0.693. The van der Waals surface area contributed by atoms with E-state index in [2.05, 4.69) is 12.6 Å². The average molecular weight is 104 g/mol. The van der Waals surface area contributed by atoms with Crippen molar-refractivity contribution in [2.45, 2.75) is 18.3 Å². The zero-order chi connectivity index (χ0) is 4.57. The Kier molecular flexibility index (Phi) is 1.06. The van der Waals surface area contributed by atoms with Crippen LogP contribution in [0.1, 0.15) is 12.8 Å². The van der Waals surface area contributed by atoms with E-state index in [4.69, 9.17) is 5.11 Å². The van der Waals surface area contributed by atoms with Crippen LogP contribution in [0, 0.1) is 5.92 Å². The van der Waals surface area contributed by atoms with E-state index in [1.165, 1.54) is 12.8 Å². The predicted molar refractivity (Wildman–Crippen MR) is 27.7 cm³/mol. The van der Waals surface area contributed by atoms with Crippen LogP contribution in [0.3, 0.4) is 0 Å². The van der Waals surface area contributed by atoms with Crippen molar-refractivity contribution in [1.82, 2.24) is 0 Å². The molecule has 1 atom stereocenters. The third-order valence-electron chi connectivity index (χ3n) is 1.04. The van der Waals surface area contributed by atoms with Crippen molar-refractivity contribution in [1.29, 1.82) is 0 Å². The first kappa shape index (κ1) is 4.47. The molecule has 0 spiro atoms. The van der Waals surface area contributed by atoms with Gasteiger partial charge in [-0.25, -0.2) is 0 Å². The van der Waals surface area contributed by atoms with Crippen LogP contribution in [-0.2, 0) is 0 Å². The molecule has 0 aromatic heterocycles. The van der Waals surface area contributed by atoms with Crippen LogP contribution in [0.4, 0.5) is 0 Å². The quantitative estimate of drug-likeness (QED) is 0.369. The normalized spacial score (nSPS) is 27.0. The first-order valence-corrected chi connectivity index (χ1v) is 2.68. The first-order valence-electron chi connectivity index (χ1n) is 2.17. The summed E-state index contributed by atoms with van der Waals surface area (Å²) >= 11 is 3.81. The maximum Gasteiger partial charge on any atom is 0.0992 e. The second-order valence-corrected chi connectivity index (χ2v) is 2.28. The summed E-state index contributed by atoms with van der Waals surface area (Å²) in [6.45, 7) is 0. The fraction of sp³-hybridized carbons (Fsp3) is 1.00. The Labute approximate surface area is 42.8 Å². The number of aliphatic hydroxyl groups excluding tert-OH is 1. The molecule has 1 nitrogen and oxygen atoms in total. The lowest BCUT2D eigenvalue weighted by atomic mass is 10.5. The van der Waals surface area contributed by atoms with Gasteiger partial charge in [0.15, 0.2) is 0 Å². The predicted octanol–water partition coefficient (Wildman–Crippen LogP) is 0.645. The highest BCUT2D eigenvalue weighted by Gasteiger charge is 2.26. The summed E-state index contributed by atoms with van der Waals surface area (Å²) in [6, 6.07) is 0. The third-order valence-corrected chi connectivity index (χ3v) is 1.47. The molecule has 0 radical (unpaired) electrons. The Morgan fingerprint density at radius 1 is 1.67 bits per heavy atom. The summed E-state index contributed by atoms with van der Waals surface area (Å²) in [5, 5.41) is 8.56. The van der Waals surface area contributed by atoms with Crippen molar-refractivity contribution < 1.29 is 5.11 Å². The third kappa shape index (κ3) is 0.884. The molecule has 0 aliphatic heterocycles. The number of rotatable bonds is 1. The monoisotopic (exact) mass is 104 g/mol. The number of hydrogen-bond donors (Lipinski definition) is 2. The molecule has 2 heteroatoms. The summed E-state index contributed by atoms with van der Waals surface area (Å²) in [6.07, 6.45) is 2.34. The number of hydrogen-bond acceptors (Lipinski definition) is 2. The Morgan fingerprint density at radius 3 is 2.17 bits per heavy atom. The van der Waals surface area contributed by atoms with E-state index in [0.717, 1.165) is 0 Å². The van der Waals surface area contributed by atoms with Gasteiger partial charge in [0, 0.05) is 0 Å². The van der Waals surface area contributed by atoms with Crippen LogP contribution in [0.15, 0.2) is 0 Å². The van der Waals surface area contributed by atoms with E-state index in [-0.39, 0.29) is 5.44 Å². The Hall–Kier alpha value is 0.310.